The molecular weight excluding hydrogens is 184 g/mol. The van der Waals surface area contributed by atoms with Crippen molar-refractivity contribution in [1.29, 1.82) is 0 Å². The Hall–Kier alpha value is -0.980. The summed E-state index contributed by atoms with van der Waals surface area (Å²) in [6.45, 7) is 0. The minimum absolute atomic E-state index is 0.958. The summed E-state index contributed by atoms with van der Waals surface area (Å²) in [5, 5.41) is 0. The molecule has 1 aromatic rings. The summed E-state index contributed by atoms with van der Waals surface area (Å²) < 4.78 is 5.15. The first kappa shape index (κ1) is 10.5. The average Bonchev–Trinajstić information content (AvgIpc) is 2.80. The van der Waals surface area contributed by atoms with Gasteiger partial charge in [-0.1, -0.05) is 37.8 Å². The fourth-order valence-electron chi connectivity index (χ4n) is 2.46. The molecule has 1 aliphatic rings. The van der Waals surface area contributed by atoms with Gasteiger partial charge in [0, 0.05) is 0 Å². The van der Waals surface area contributed by atoms with E-state index in [1.54, 1.807) is 7.11 Å². The van der Waals surface area contributed by atoms with Crippen molar-refractivity contribution >= 4 is 0 Å². The van der Waals surface area contributed by atoms with Gasteiger partial charge in [-0.15, -0.1) is 0 Å². The molecule has 0 aromatic heterocycles. The molecule has 82 valence electrons. The smallest absolute Gasteiger partial charge is 0.118 e. The zero-order valence-corrected chi connectivity index (χ0v) is 9.54. The quantitative estimate of drug-likeness (QED) is 0.724. The first-order valence-electron chi connectivity index (χ1n) is 6.01. The molecule has 15 heavy (non-hydrogen) atoms. The van der Waals surface area contributed by atoms with Crippen molar-refractivity contribution < 1.29 is 4.74 Å². The highest BCUT2D eigenvalue weighted by atomic mass is 16.5. The van der Waals surface area contributed by atoms with Crippen LogP contribution in [0, 0.1) is 5.92 Å². The van der Waals surface area contributed by atoms with Crippen molar-refractivity contribution in [3.05, 3.63) is 29.8 Å². The summed E-state index contributed by atoms with van der Waals surface area (Å²) in [5.41, 5.74) is 1.45. The Labute approximate surface area is 92.5 Å². The van der Waals surface area contributed by atoms with Gasteiger partial charge >= 0.3 is 0 Å². The van der Waals surface area contributed by atoms with Gasteiger partial charge in [0.15, 0.2) is 0 Å². The number of benzene rings is 1. The highest BCUT2D eigenvalue weighted by molar-refractivity contribution is 5.27. The van der Waals surface area contributed by atoms with Gasteiger partial charge in [0.2, 0.25) is 0 Å². The van der Waals surface area contributed by atoms with Crippen LogP contribution in [0.15, 0.2) is 24.3 Å². The Bertz CT molecular complexity index is 283. The summed E-state index contributed by atoms with van der Waals surface area (Å²) in [7, 11) is 1.72. The van der Waals surface area contributed by atoms with Gasteiger partial charge in [-0.3, -0.25) is 0 Å². The molecule has 0 unspecified atom stereocenters. The molecule has 1 aliphatic carbocycles. The van der Waals surface area contributed by atoms with Crippen molar-refractivity contribution in [3.63, 3.8) is 0 Å². The second kappa shape index (κ2) is 5.20. The van der Waals surface area contributed by atoms with Gasteiger partial charge in [-0.2, -0.15) is 0 Å². The molecule has 0 radical (unpaired) electrons. The van der Waals surface area contributed by atoms with Crippen molar-refractivity contribution in [1.82, 2.24) is 0 Å². The van der Waals surface area contributed by atoms with Crippen LogP contribution in [-0.2, 0) is 6.42 Å². The number of ether oxygens (including phenoxy) is 1. The molecule has 0 aliphatic heterocycles. The summed E-state index contributed by atoms with van der Waals surface area (Å²) in [5.74, 6) is 1.95. The maximum absolute atomic E-state index is 5.15. The Kier molecular flexibility index (Phi) is 3.65. The second-order valence-corrected chi connectivity index (χ2v) is 4.54. The van der Waals surface area contributed by atoms with Gasteiger partial charge in [0.25, 0.3) is 0 Å². The van der Waals surface area contributed by atoms with Crippen LogP contribution in [-0.4, -0.2) is 7.11 Å². The lowest BCUT2D eigenvalue weighted by molar-refractivity contribution is 0.414. The Morgan fingerprint density at radius 2 is 1.80 bits per heavy atom. The highest BCUT2D eigenvalue weighted by Gasteiger charge is 2.14. The van der Waals surface area contributed by atoms with Crippen LogP contribution in [0.3, 0.4) is 0 Å². The predicted octanol–water partition coefficient (Wildman–Crippen LogP) is 3.82. The third kappa shape index (κ3) is 2.98. The minimum Gasteiger partial charge on any atom is -0.497 e. The van der Waals surface area contributed by atoms with Gasteiger partial charge in [0.05, 0.1) is 7.11 Å². The Morgan fingerprint density at radius 3 is 2.40 bits per heavy atom. The molecule has 0 N–H and O–H groups in total. The van der Waals surface area contributed by atoms with Crippen molar-refractivity contribution in [2.24, 2.45) is 5.92 Å². The molecule has 0 amide bonds. The van der Waals surface area contributed by atoms with E-state index < -0.39 is 0 Å². The fourth-order valence-corrected chi connectivity index (χ4v) is 2.46. The fraction of sp³-hybridized carbons (Fsp3) is 0.571. The SMILES string of the molecule is COc1ccc(CCC2CCCC2)cc1. The van der Waals surface area contributed by atoms with Gasteiger partial charge in [-0.05, 0) is 36.5 Å². The van der Waals surface area contributed by atoms with Gasteiger partial charge in [0.1, 0.15) is 5.75 Å². The monoisotopic (exact) mass is 204 g/mol. The molecule has 0 heterocycles. The zero-order chi connectivity index (χ0) is 10.5. The lowest BCUT2D eigenvalue weighted by atomic mass is 9.98. The van der Waals surface area contributed by atoms with E-state index in [4.69, 9.17) is 4.74 Å². The summed E-state index contributed by atoms with van der Waals surface area (Å²) in [6.07, 6.45) is 8.41. The number of hydrogen-bond acceptors (Lipinski definition) is 1. The summed E-state index contributed by atoms with van der Waals surface area (Å²) in [4.78, 5) is 0. The zero-order valence-electron chi connectivity index (χ0n) is 9.54. The number of rotatable bonds is 4. The molecular formula is C14H20O. The van der Waals surface area contributed by atoms with E-state index in [0.717, 1.165) is 11.7 Å². The van der Waals surface area contributed by atoms with Gasteiger partial charge in [-0.25, -0.2) is 0 Å². The Balaban J connectivity index is 1.82. The summed E-state index contributed by atoms with van der Waals surface area (Å²) >= 11 is 0. The Morgan fingerprint density at radius 1 is 1.13 bits per heavy atom. The molecule has 1 aromatic carbocycles. The second-order valence-electron chi connectivity index (χ2n) is 4.54. The lowest BCUT2D eigenvalue weighted by Crippen LogP contribution is -1.96. The molecule has 0 atom stereocenters. The molecule has 0 spiro atoms. The average molecular weight is 204 g/mol. The van der Waals surface area contributed by atoms with E-state index in [9.17, 15) is 0 Å². The van der Waals surface area contributed by atoms with Crippen LogP contribution >= 0.6 is 0 Å². The standard InChI is InChI=1S/C14H20O/c1-15-14-10-8-13(9-11-14)7-6-12-4-2-3-5-12/h8-12H,2-7H2,1H3. The number of aryl methyl sites for hydroxylation is 1. The number of hydrogen-bond donors (Lipinski definition) is 0. The molecule has 1 saturated carbocycles. The normalized spacial score (nSPS) is 16.9. The minimum atomic E-state index is 0.958. The molecule has 1 nitrogen and oxygen atoms in total. The van der Waals surface area contributed by atoms with Crippen molar-refractivity contribution in [3.8, 4) is 5.75 Å². The third-order valence-corrected chi connectivity index (χ3v) is 3.48. The maximum Gasteiger partial charge on any atom is 0.118 e. The topological polar surface area (TPSA) is 9.23 Å². The van der Waals surface area contributed by atoms with Gasteiger partial charge < -0.3 is 4.74 Å². The predicted molar refractivity (Wildman–Crippen MR) is 63.3 cm³/mol. The van der Waals surface area contributed by atoms with E-state index >= 15 is 0 Å². The molecule has 1 fully saturated rings. The van der Waals surface area contributed by atoms with Crippen LogP contribution in [0.25, 0.3) is 0 Å². The number of methoxy groups -OCH3 is 1. The van der Waals surface area contributed by atoms with E-state index in [-0.39, 0.29) is 0 Å². The van der Waals surface area contributed by atoms with Crippen molar-refractivity contribution in [2.45, 2.75) is 38.5 Å². The van der Waals surface area contributed by atoms with E-state index in [1.807, 2.05) is 0 Å². The van der Waals surface area contributed by atoms with Crippen LogP contribution in [0.2, 0.25) is 0 Å². The van der Waals surface area contributed by atoms with Crippen LogP contribution in [0.4, 0.5) is 0 Å². The lowest BCUT2D eigenvalue weighted by Gasteiger charge is -2.08. The van der Waals surface area contributed by atoms with Crippen LogP contribution in [0.1, 0.15) is 37.7 Å². The van der Waals surface area contributed by atoms with Crippen LogP contribution < -0.4 is 4.74 Å². The maximum atomic E-state index is 5.15. The first-order valence-corrected chi connectivity index (χ1v) is 6.01. The van der Waals surface area contributed by atoms with Crippen molar-refractivity contribution in [2.75, 3.05) is 7.11 Å². The van der Waals surface area contributed by atoms with E-state index in [1.165, 1.54) is 44.1 Å². The molecule has 1 heteroatoms. The van der Waals surface area contributed by atoms with Crippen LogP contribution in [0.5, 0.6) is 5.75 Å². The molecule has 0 bridgehead atoms. The third-order valence-electron chi connectivity index (χ3n) is 3.48. The summed E-state index contributed by atoms with van der Waals surface area (Å²) in [6, 6.07) is 8.50. The first-order chi connectivity index (χ1) is 7.38. The largest absolute Gasteiger partial charge is 0.497 e. The molecule has 0 saturated heterocycles. The molecule has 2 rings (SSSR count). The van der Waals surface area contributed by atoms with E-state index in [2.05, 4.69) is 24.3 Å². The highest BCUT2D eigenvalue weighted by Crippen LogP contribution is 2.28. The van der Waals surface area contributed by atoms with E-state index in [0.29, 0.717) is 0 Å².